The highest BCUT2D eigenvalue weighted by Gasteiger charge is 2.34. The summed E-state index contributed by atoms with van der Waals surface area (Å²) < 4.78 is 0. The van der Waals surface area contributed by atoms with Gasteiger partial charge in [-0.1, -0.05) is 6.92 Å². The molecule has 1 aliphatic heterocycles. The van der Waals surface area contributed by atoms with Crippen LogP contribution in [0.1, 0.15) is 39.5 Å². The second kappa shape index (κ2) is 7.78. The van der Waals surface area contributed by atoms with Gasteiger partial charge in [0.25, 0.3) is 0 Å². The summed E-state index contributed by atoms with van der Waals surface area (Å²) >= 11 is 0. The van der Waals surface area contributed by atoms with E-state index in [4.69, 9.17) is 5.11 Å². The summed E-state index contributed by atoms with van der Waals surface area (Å²) in [5.41, 5.74) is 0. The third-order valence-corrected chi connectivity index (χ3v) is 4.30. The molecule has 0 saturated carbocycles. The summed E-state index contributed by atoms with van der Waals surface area (Å²) in [6.45, 7) is 3.83. The Labute approximate surface area is 129 Å². The fourth-order valence-corrected chi connectivity index (χ4v) is 2.87. The highest BCUT2D eigenvalue weighted by atomic mass is 16.4. The first-order valence-corrected chi connectivity index (χ1v) is 7.42. The van der Waals surface area contributed by atoms with Crippen molar-refractivity contribution in [1.82, 2.24) is 4.90 Å². The van der Waals surface area contributed by atoms with Crippen LogP contribution in [-0.4, -0.2) is 45.5 Å². The molecule has 1 aliphatic rings. The molecule has 7 heteroatoms. The maximum atomic E-state index is 11.7. The molecule has 1 heterocycles. The van der Waals surface area contributed by atoms with E-state index in [1.807, 2.05) is 6.92 Å². The van der Waals surface area contributed by atoms with E-state index >= 15 is 0 Å². The fraction of sp³-hybridized carbons (Fsp3) is 0.733. The minimum atomic E-state index is -1.21. The van der Waals surface area contributed by atoms with Gasteiger partial charge < -0.3 is 15.1 Å². The molecule has 22 heavy (non-hydrogen) atoms. The number of likely N-dealkylation sites (tertiary alicyclic amines) is 1. The zero-order valence-corrected chi connectivity index (χ0v) is 12.9. The Morgan fingerprint density at radius 1 is 1.27 bits per heavy atom. The van der Waals surface area contributed by atoms with Crippen molar-refractivity contribution in [3.63, 3.8) is 0 Å². The number of carbonyl (C=O) groups is 3. The summed E-state index contributed by atoms with van der Waals surface area (Å²) in [6, 6.07) is 1.91. The molecule has 0 aromatic rings. The molecule has 122 valence electrons. The predicted octanol–water partition coefficient (Wildman–Crippen LogP) is 1.34. The van der Waals surface area contributed by atoms with Crippen molar-refractivity contribution >= 4 is 17.8 Å². The first-order valence-electron chi connectivity index (χ1n) is 7.42. The molecular formula is C15H22N2O5. The molecule has 7 nitrogen and oxygen atoms in total. The summed E-state index contributed by atoms with van der Waals surface area (Å²) in [7, 11) is 0. The van der Waals surface area contributed by atoms with Crippen LogP contribution >= 0.6 is 0 Å². The molecule has 0 spiro atoms. The number of rotatable bonds is 8. The third kappa shape index (κ3) is 4.45. The quantitative estimate of drug-likeness (QED) is 0.698. The van der Waals surface area contributed by atoms with Crippen LogP contribution in [0, 0.1) is 29.1 Å². The van der Waals surface area contributed by atoms with Gasteiger partial charge in [-0.2, -0.15) is 5.26 Å². The lowest BCUT2D eigenvalue weighted by atomic mass is 9.83. The van der Waals surface area contributed by atoms with Gasteiger partial charge in [0.15, 0.2) is 0 Å². The second-order valence-electron chi connectivity index (χ2n) is 5.91. The van der Waals surface area contributed by atoms with E-state index < -0.39 is 29.7 Å². The second-order valence-corrected chi connectivity index (χ2v) is 5.91. The van der Waals surface area contributed by atoms with Gasteiger partial charge in [0.05, 0.1) is 17.9 Å². The topological polar surface area (TPSA) is 119 Å². The molecule has 0 aromatic heterocycles. The van der Waals surface area contributed by atoms with Crippen molar-refractivity contribution < 1.29 is 24.6 Å². The molecule has 1 rings (SSSR count). The normalized spacial score (nSPS) is 20.0. The molecule has 1 saturated heterocycles. The molecule has 1 fully saturated rings. The SMILES string of the molecule is CC(C(=O)O)C(CC(C#N)CC(C)N1CCCC1=O)C(=O)O. The first-order chi connectivity index (χ1) is 10.3. The number of carbonyl (C=O) groups excluding carboxylic acids is 1. The van der Waals surface area contributed by atoms with Crippen LogP contribution in [0.4, 0.5) is 0 Å². The van der Waals surface area contributed by atoms with Gasteiger partial charge in [-0.05, 0) is 26.2 Å². The highest BCUT2D eigenvalue weighted by molar-refractivity contribution is 5.79. The lowest BCUT2D eigenvalue weighted by Crippen LogP contribution is -2.36. The van der Waals surface area contributed by atoms with E-state index in [1.165, 1.54) is 6.92 Å². The number of nitrogens with zero attached hydrogens (tertiary/aromatic N) is 2. The number of aliphatic carboxylic acids is 2. The molecule has 4 atom stereocenters. The first kappa shape index (κ1) is 18.0. The molecule has 4 unspecified atom stereocenters. The Bertz CT molecular complexity index is 485. The van der Waals surface area contributed by atoms with Gasteiger partial charge in [-0.3, -0.25) is 14.4 Å². The molecule has 0 aromatic carbocycles. The molecule has 0 radical (unpaired) electrons. The number of hydrogen-bond donors (Lipinski definition) is 2. The van der Waals surface area contributed by atoms with E-state index in [9.17, 15) is 24.8 Å². The Hall–Kier alpha value is -2.10. The van der Waals surface area contributed by atoms with Crippen molar-refractivity contribution in [2.75, 3.05) is 6.54 Å². The van der Waals surface area contributed by atoms with E-state index in [0.717, 1.165) is 6.42 Å². The lowest BCUT2D eigenvalue weighted by molar-refractivity contribution is -0.153. The Balaban J connectivity index is 2.70. The van der Waals surface area contributed by atoms with Gasteiger partial charge >= 0.3 is 11.9 Å². The zero-order chi connectivity index (χ0) is 16.9. The summed E-state index contributed by atoms with van der Waals surface area (Å²) in [5, 5.41) is 27.4. The van der Waals surface area contributed by atoms with Gasteiger partial charge in [-0.25, -0.2) is 0 Å². The van der Waals surface area contributed by atoms with Crippen molar-refractivity contribution in [2.24, 2.45) is 17.8 Å². The van der Waals surface area contributed by atoms with Crippen LogP contribution in [0.2, 0.25) is 0 Å². The van der Waals surface area contributed by atoms with Crippen molar-refractivity contribution in [2.45, 2.75) is 45.6 Å². The van der Waals surface area contributed by atoms with Gasteiger partial charge in [0, 0.05) is 24.9 Å². The third-order valence-electron chi connectivity index (χ3n) is 4.30. The summed E-state index contributed by atoms with van der Waals surface area (Å²) in [4.78, 5) is 35.6. The number of nitriles is 1. The molecule has 0 aliphatic carbocycles. The van der Waals surface area contributed by atoms with E-state index in [-0.39, 0.29) is 18.4 Å². The minimum absolute atomic E-state index is 0.0222. The minimum Gasteiger partial charge on any atom is -0.481 e. The van der Waals surface area contributed by atoms with E-state index in [1.54, 1.807) is 4.90 Å². The lowest BCUT2D eigenvalue weighted by Gasteiger charge is -2.27. The van der Waals surface area contributed by atoms with Crippen LogP contribution in [-0.2, 0) is 14.4 Å². The van der Waals surface area contributed by atoms with Crippen LogP contribution in [0.5, 0.6) is 0 Å². The number of hydrogen-bond acceptors (Lipinski definition) is 4. The Kier molecular flexibility index (Phi) is 6.35. The molecular weight excluding hydrogens is 288 g/mol. The van der Waals surface area contributed by atoms with Crippen LogP contribution in [0.15, 0.2) is 0 Å². The molecule has 0 bridgehead atoms. The predicted molar refractivity (Wildman–Crippen MR) is 76.7 cm³/mol. The summed E-state index contributed by atoms with van der Waals surface area (Å²) in [5.74, 6) is -5.10. The van der Waals surface area contributed by atoms with Gasteiger partial charge in [-0.15, -0.1) is 0 Å². The molecule has 1 amide bonds. The largest absolute Gasteiger partial charge is 0.481 e. The number of carboxylic acid groups (broad SMARTS) is 2. The maximum absolute atomic E-state index is 11.7. The van der Waals surface area contributed by atoms with Crippen molar-refractivity contribution in [1.29, 1.82) is 5.26 Å². The van der Waals surface area contributed by atoms with E-state index in [0.29, 0.717) is 19.4 Å². The average Bonchev–Trinajstić information content (AvgIpc) is 2.88. The van der Waals surface area contributed by atoms with Crippen LogP contribution in [0.3, 0.4) is 0 Å². The van der Waals surface area contributed by atoms with Gasteiger partial charge in [0.2, 0.25) is 5.91 Å². The number of amides is 1. The van der Waals surface area contributed by atoms with Gasteiger partial charge in [0.1, 0.15) is 0 Å². The Morgan fingerprint density at radius 2 is 1.91 bits per heavy atom. The zero-order valence-electron chi connectivity index (χ0n) is 12.9. The van der Waals surface area contributed by atoms with Crippen LogP contribution in [0.25, 0.3) is 0 Å². The Morgan fingerprint density at radius 3 is 2.32 bits per heavy atom. The highest BCUT2D eigenvalue weighted by Crippen LogP contribution is 2.26. The van der Waals surface area contributed by atoms with Crippen molar-refractivity contribution in [3.8, 4) is 6.07 Å². The average molecular weight is 310 g/mol. The maximum Gasteiger partial charge on any atom is 0.307 e. The summed E-state index contributed by atoms with van der Waals surface area (Å²) in [6.07, 6.45) is 1.65. The van der Waals surface area contributed by atoms with Crippen LogP contribution < -0.4 is 0 Å². The monoisotopic (exact) mass is 310 g/mol. The van der Waals surface area contributed by atoms with Crippen molar-refractivity contribution in [3.05, 3.63) is 0 Å². The number of carboxylic acids is 2. The standard InChI is InChI=1S/C15H22N2O5/c1-9(17-5-3-4-13(17)18)6-11(8-16)7-12(15(21)22)10(2)14(19)20/h9-12H,3-7H2,1-2H3,(H,19,20)(H,21,22). The fourth-order valence-electron chi connectivity index (χ4n) is 2.87. The smallest absolute Gasteiger partial charge is 0.307 e. The van der Waals surface area contributed by atoms with E-state index in [2.05, 4.69) is 6.07 Å². The molecule has 2 N–H and O–H groups in total.